The van der Waals surface area contributed by atoms with E-state index in [0.29, 0.717) is 6.04 Å². The monoisotopic (exact) mass is 236 g/mol. The van der Waals surface area contributed by atoms with Crippen LogP contribution in [0, 0.1) is 0 Å². The topological polar surface area (TPSA) is 44.5 Å². The van der Waals surface area contributed by atoms with Crippen LogP contribution in [0.1, 0.15) is 19.8 Å². The van der Waals surface area contributed by atoms with Crippen LogP contribution in [0.25, 0.3) is 0 Å². The predicted octanol–water partition coefficient (Wildman–Crippen LogP) is 0.688. The highest BCUT2D eigenvalue weighted by atomic mass is 15.2. The smallest absolute Gasteiger partial charge is 0.0709 e. The zero-order valence-electron chi connectivity index (χ0n) is 11.1. The Labute approximate surface area is 104 Å². The molecule has 0 aromatic carbocycles. The number of nitrogens with one attached hydrogen (secondary N) is 1. The molecule has 2 aliphatic heterocycles. The molecule has 1 saturated heterocycles. The van der Waals surface area contributed by atoms with Gasteiger partial charge in [-0.15, -0.1) is 0 Å². The van der Waals surface area contributed by atoms with E-state index in [1.165, 1.54) is 18.5 Å². The summed E-state index contributed by atoms with van der Waals surface area (Å²) in [5.74, 6) is 0. The van der Waals surface area contributed by atoms with Gasteiger partial charge in [0.15, 0.2) is 0 Å². The summed E-state index contributed by atoms with van der Waals surface area (Å²) in [4.78, 5) is 4.75. The van der Waals surface area contributed by atoms with Crippen LogP contribution in [0.15, 0.2) is 23.7 Å². The van der Waals surface area contributed by atoms with Gasteiger partial charge in [0.05, 0.1) is 11.4 Å². The maximum absolute atomic E-state index is 6.04. The fourth-order valence-corrected chi connectivity index (χ4v) is 2.59. The zero-order valence-corrected chi connectivity index (χ0v) is 11.1. The minimum absolute atomic E-state index is 0.379. The Balaban J connectivity index is 1.99. The summed E-state index contributed by atoms with van der Waals surface area (Å²) >= 11 is 0. The van der Waals surface area contributed by atoms with Crippen LogP contribution >= 0.6 is 0 Å². The van der Waals surface area contributed by atoms with Crippen molar-refractivity contribution in [3.05, 3.63) is 23.7 Å². The van der Waals surface area contributed by atoms with Gasteiger partial charge in [-0.1, -0.05) is 0 Å². The Bertz CT molecular complexity index is 324. The van der Waals surface area contributed by atoms with E-state index in [1.807, 2.05) is 6.20 Å². The van der Waals surface area contributed by atoms with Gasteiger partial charge < -0.3 is 20.9 Å². The highest BCUT2D eigenvalue weighted by molar-refractivity contribution is 5.31. The molecule has 0 aromatic heterocycles. The minimum Gasteiger partial charge on any atom is -0.396 e. The van der Waals surface area contributed by atoms with Crippen molar-refractivity contribution in [3.63, 3.8) is 0 Å². The molecule has 0 bridgehead atoms. The van der Waals surface area contributed by atoms with E-state index in [2.05, 4.69) is 42.2 Å². The van der Waals surface area contributed by atoms with Crippen molar-refractivity contribution in [3.8, 4) is 0 Å². The first kappa shape index (κ1) is 12.3. The Morgan fingerprint density at radius 1 is 1.35 bits per heavy atom. The quantitative estimate of drug-likeness (QED) is 0.740. The standard InChI is InChI=1S/C13H24N4/c1-10-8-13(12(14)9-15-10)17-6-4-11(5-7-17)16(2)3/h8-11,15H,4-7,14H2,1-3H3. The summed E-state index contributed by atoms with van der Waals surface area (Å²) in [7, 11) is 4.33. The van der Waals surface area contributed by atoms with Gasteiger partial charge in [0, 0.05) is 31.4 Å². The van der Waals surface area contributed by atoms with E-state index in [4.69, 9.17) is 5.73 Å². The Hall–Kier alpha value is -1.16. The molecule has 0 amide bonds. The van der Waals surface area contributed by atoms with Crippen molar-refractivity contribution in [2.24, 2.45) is 5.73 Å². The van der Waals surface area contributed by atoms with Gasteiger partial charge >= 0.3 is 0 Å². The SMILES string of the molecule is CC1C=C(N2CCC(N(C)C)CC2)C(N)=CN1. The molecule has 0 aromatic rings. The zero-order chi connectivity index (χ0) is 12.4. The predicted molar refractivity (Wildman–Crippen MR) is 71.2 cm³/mol. The molecule has 96 valence electrons. The number of nitrogens with two attached hydrogens (primary N) is 1. The maximum Gasteiger partial charge on any atom is 0.0709 e. The number of hydrogen-bond acceptors (Lipinski definition) is 4. The first-order chi connectivity index (χ1) is 8.08. The first-order valence-corrected chi connectivity index (χ1v) is 6.43. The normalized spacial score (nSPS) is 26.6. The largest absolute Gasteiger partial charge is 0.396 e. The third kappa shape index (κ3) is 2.75. The van der Waals surface area contributed by atoms with Crippen molar-refractivity contribution in [2.45, 2.75) is 31.8 Å². The van der Waals surface area contributed by atoms with Crippen LogP contribution in [-0.4, -0.2) is 49.1 Å². The average Bonchev–Trinajstić information content (AvgIpc) is 2.32. The van der Waals surface area contributed by atoms with Crippen molar-refractivity contribution in [1.29, 1.82) is 0 Å². The van der Waals surface area contributed by atoms with E-state index in [0.717, 1.165) is 24.8 Å². The van der Waals surface area contributed by atoms with E-state index in [1.54, 1.807) is 0 Å². The molecular weight excluding hydrogens is 212 g/mol. The molecule has 0 aliphatic carbocycles. The van der Waals surface area contributed by atoms with Crippen LogP contribution in [0.3, 0.4) is 0 Å². The first-order valence-electron chi connectivity index (χ1n) is 6.43. The number of dihydropyridines is 1. The number of nitrogens with zero attached hydrogens (tertiary/aromatic N) is 2. The highest BCUT2D eigenvalue weighted by Crippen LogP contribution is 2.22. The van der Waals surface area contributed by atoms with Gasteiger partial charge in [-0.2, -0.15) is 0 Å². The lowest BCUT2D eigenvalue weighted by Gasteiger charge is -2.38. The van der Waals surface area contributed by atoms with Gasteiger partial charge in [0.2, 0.25) is 0 Å². The van der Waals surface area contributed by atoms with Gasteiger partial charge in [0.1, 0.15) is 0 Å². The van der Waals surface area contributed by atoms with Crippen LogP contribution in [0.4, 0.5) is 0 Å². The molecule has 0 spiro atoms. The molecule has 1 unspecified atom stereocenters. The molecule has 17 heavy (non-hydrogen) atoms. The molecule has 2 heterocycles. The number of likely N-dealkylation sites (tertiary alicyclic amines) is 1. The molecule has 2 aliphatic rings. The van der Waals surface area contributed by atoms with Crippen LogP contribution in [0.2, 0.25) is 0 Å². The van der Waals surface area contributed by atoms with Crippen molar-refractivity contribution >= 4 is 0 Å². The van der Waals surface area contributed by atoms with E-state index in [-0.39, 0.29) is 0 Å². The van der Waals surface area contributed by atoms with Gasteiger partial charge in [-0.25, -0.2) is 0 Å². The van der Waals surface area contributed by atoms with Crippen LogP contribution < -0.4 is 11.1 Å². The summed E-state index contributed by atoms with van der Waals surface area (Å²) in [6.45, 7) is 4.36. The van der Waals surface area contributed by atoms with Crippen molar-refractivity contribution < 1.29 is 0 Å². The number of rotatable bonds is 2. The van der Waals surface area contributed by atoms with Crippen molar-refractivity contribution in [1.82, 2.24) is 15.1 Å². The maximum atomic E-state index is 6.04. The van der Waals surface area contributed by atoms with Gasteiger partial charge in [0.25, 0.3) is 0 Å². The molecule has 0 radical (unpaired) electrons. The van der Waals surface area contributed by atoms with E-state index >= 15 is 0 Å². The Morgan fingerprint density at radius 2 is 2.00 bits per heavy atom. The molecule has 1 fully saturated rings. The highest BCUT2D eigenvalue weighted by Gasteiger charge is 2.24. The van der Waals surface area contributed by atoms with Crippen LogP contribution in [0.5, 0.6) is 0 Å². The second-order valence-corrected chi connectivity index (χ2v) is 5.29. The van der Waals surface area contributed by atoms with Gasteiger partial charge in [-0.05, 0) is 39.9 Å². The molecule has 1 atom stereocenters. The lowest BCUT2D eigenvalue weighted by Crippen LogP contribution is -2.43. The van der Waals surface area contributed by atoms with Gasteiger partial charge in [-0.3, -0.25) is 0 Å². The number of hydrogen-bond donors (Lipinski definition) is 2. The molecule has 4 nitrogen and oxygen atoms in total. The third-order valence-corrected chi connectivity index (χ3v) is 3.74. The molecule has 4 heteroatoms. The third-order valence-electron chi connectivity index (χ3n) is 3.74. The fraction of sp³-hybridized carbons (Fsp3) is 0.692. The lowest BCUT2D eigenvalue weighted by atomic mass is 10.0. The molecule has 3 N–H and O–H groups in total. The van der Waals surface area contributed by atoms with Crippen molar-refractivity contribution in [2.75, 3.05) is 27.2 Å². The summed E-state index contributed by atoms with van der Waals surface area (Å²) < 4.78 is 0. The average molecular weight is 236 g/mol. The summed E-state index contributed by atoms with van der Waals surface area (Å²) in [6.07, 6.45) is 6.60. The van der Waals surface area contributed by atoms with E-state index < -0.39 is 0 Å². The Kier molecular flexibility index (Phi) is 3.62. The second-order valence-electron chi connectivity index (χ2n) is 5.29. The Morgan fingerprint density at radius 3 is 2.59 bits per heavy atom. The summed E-state index contributed by atoms with van der Waals surface area (Å²) in [5, 5.41) is 3.23. The summed E-state index contributed by atoms with van der Waals surface area (Å²) in [6, 6.07) is 1.10. The van der Waals surface area contributed by atoms with E-state index in [9.17, 15) is 0 Å². The minimum atomic E-state index is 0.379. The fourth-order valence-electron chi connectivity index (χ4n) is 2.59. The molecule has 0 saturated carbocycles. The lowest BCUT2D eigenvalue weighted by molar-refractivity contribution is 0.171. The molecular formula is C13H24N4. The molecule has 2 rings (SSSR count). The van der Waals surface area contributed by atoms with Crippen LogP contribution in [-0.2, 0) is 0 Å². The second kappa shape index (κ2) is 5.00. The summed E-state index contributed by atoms with van der Waals surface area (Å²) in [5.41, 5.74) is 8.13. The number of piperidine rings is 1.